The molecule has 0 heterocycles. The fourth-order valence-electron chi connectivity index (χ4n) is 16.7. The Balaban J connectivity index is 0.000000179. The summed E-state index contributed by atoms with van der Waals surface area (Å²) in [7, 11) is -3.50. The van der Waals surface area contributed by atoms with Crippen LogP contribution in [0.5, 0.6) is 0 Å². The highest BCUT2D eigenvalue weighted by atomic mass is 28.3. The summed E-state index contributed by atoms with van der Waals surface area (Å²) in [6, 6.07) is 62.4. The SMILES string of the molecule is [2H]c1c([2H])c([2H])c(-c2ccc(N(C3=C4C=Cc5ccc(N(c6ccc([Si](C)(C)C)cc6)c6ccc(-c7c([2H])c([2H])c([2H])c([2H])c7[2H])cc6F)c6c5C4C(C=C3)C=C6)c3ccc([Si](C)(C)C)cc3)c(F)c2)c([2H])c1[2H].[2H]c1c([2H])c([2H])c(-c2ccc(N(c3ccccc3)c3ccc4ccc5c(N(c6ccccc6)c6ccc(-c7c([2H])c([2H])c([2H])c([2H])c7[2H])cc6F)ccc6ccc3c4c65)c(F)c2)c([2H])c1[2H]. The molecule has 0 radical (unpaired) electrons. The summed E-state index contributed by atoms with van der Waals surface area (Å²) in [6.07, 6.45) is 12.5. The van der Waals surface area contributed by atoms with E-state index in [1.165, 1.54) is 34.6 Å². The van der Waals surface area contributed by atoms with Gasteiger partial charge in [0.1, 0.15) is 23.3 Å². The maximum atomic E-state index is 17.2. The van der Waals surface area contributed by atoms with E-state index in [1.54, 1.807) is 58.3 Å². The smallest absolute Gasteiger partial charge is 0.147 e. The second-order valence-corrected chi connectivity index (χ2v) is 42.0. The zero-order valence-corrected chi connectivity index (χ0v) is 68.0. The Kier molecular flexibility index (Phi) is 14.8. The fourth-order valence-corrected chi connectivity index (χ4v) is 19.0. The Morgan fingerprint density at radius 1 is 0.292 bits per heavy atom. The number of rotatable bonds is 18. The monoisotopic (exact) mass is 1610 g/mol. The highest BCUT2D eigenvalue weighted by molar-refractivity contribution is 6.89. The van der Waals surface area contributed by atoms with Crippen molar-refractivity contribution in [3.63, 3.8) is 0 Å². The average Bonchev–Trinajstić information content (AvgIpc) is 0.717. The second kappa shape index (κ2) is 31.5. The van der Waals surface area contributed by atoms with E-state index < -0.39 is 160 Å². The molecule has 0 aromatic heterocycles. The molecule has 582 valence electrons. The lowest BCUT2D eigenvalue weighted by molar-refractivity contribution is 0.625. The molecule has 2 atom stereocenters. The number of allylic oxidation sites excluding steroid dienone is 5. The van der Waals surface area contributed by atoms with Gasteiger partial charge >= 0.3 is 0 Å². The zero-order valence-electron chi connectivity index (χ0n) is 86.0. The van der Waals surface area contributed by atoms with Crippen LogP contribution in [0.1, 0.15) is 50.0 Å². The summed E-state index contributed by atoms with van der Waals surface area (Å²) in [4.78, 5) is 7.33. The molecular formula is C110H86F4N4Si2. The molecule has 4 nitrogen and oxygen atoms in total. The molecule has 120 heavy (non-hydrogen) atoms. The third kappa shape index (κ3) is 14.3. The highest BCUT2D eigenvalue weighted by Gasteiger charge is 2.39. The standard InChI is InChI=1S/C58H52F2N2Si2.C52H34F2N2/c1-63(2,3)47-27-23-45(24-28-47)61(55-35-21-43(37-51(55)59)39-13-9-7-10-14-39)53-33-19-41-18-32-50-54(34-20-42-17-31-49(53)57(41)58(42)50)62(46-25-29-48(30-26-46)64(4,5)6)56-36-22-44(38-52(56)60)40-15-11-8-12-16-40;53-45-33-39(35-13-5-1-6-14-35)25-31-49(45)55(41-17-9-3-10-18-41)47-29-23-37-22-28-44-48(30-24-38-21-27-43(47)51(37)52(38)44)56(42-19-11-4-12-20-42)50-32-26-40(34-46(50)54)36-15-7-2-8-16-36/h7-38,41,57H,1-6H3;1-34H/i7D,8D,9D,10D,11D,12D,13D,14D,15D,16D;1D,2D,5D,6D,7D,8D,13D,14D,15D,16D. The van der Waals surface area contributed by atoms with E-state index in [-0.39, 0.29) is 79.1 Å². The molecule has 0 saturated carbocycles. The molecule has 0 N–H and O–H groups in total. The number of benzene rings is 17. The first-order valence-electron chi connectivity index (χ1n) is 49.4. The van der Waals surface area contributed by atoms with E-state index in [2.05, 4.69) is 93.9 Å². The Morgan fingerprint density at radius 2 is 0.625 bits per heavy atom. The molecule has 2 unspecified atom stereocenters. The molecule has 0 fully saturated rings. The molecule has 0 aliphatic heterocycles. The Hall–Kier alpha value is -13.9. The number of hydrogen-bond donors (Lipinski definition) is 0. The Labute approximate surface area is 729 Å². The number of para-hydroxylation sites is 2. The normalized spacial score (nSPS) is 16.3. The maximum Gasteiger partial charge on any atom is 0.147 e. The largest absolute Gasteiger partial charge is 0.307 e. The molecular weight excluding hydrogens is 1510 g/mol. The molecule has 0 bridgehead atoms. The summed E-state index contributed by atoms with van der Waals surface area (Å²) in [5.41, 5.74) is 9.93. The maximum absolute atomic E-state index is 17.2. The van der Waals surface area contributed by atoms with Crippen LogP contribution in [0.25, 0.3) is 89.0 Å². The quantitative estimate of drug-likeness (QED) is 0.0482. The van der Waals surface area contributed by atoms with E-state index in [0.717, 1.165) is 54.6 Å². The minimum Gasteiger partial charge on any atom is -0.307 e. The van der Waals surface area contributed by atoms with Crippen molar-refractivity contribution < 1.29 is 45.0 Å². The van der Waals surface area contributed by atoms with Crippen molar-refractivity contribution in [1.82, 2.24) is 0 Å². The molecule has 3 aliphatic rings. The molecule has 0 amide bonds. The zero-order chi connectivity index (χ0) is 99.3. The molecule has 0 spiro atoms. The van der Waals surface area contributed by atoms with Crippen LogP contribution >= 0.6 is 0 Å². The third-order valence-corrected chi connectivity index (χ3v) is 26.7. The van der Waals surface area contributed by atoms with Gasteiger partial charge in [0, 0.05) is 56.6 Å². The molecule has 17 aromatic rings. The highest BCUT2D eigenvalue weighted by Crippen LogP contribution is 2.55. The van der Waals surface area contributed by atoms with Gasteiger partial charge in [-0.3, -0.25) is 0 Å². The lowest BCUT2D eigenvalue weighted by atomic mass is 9.68. The average molecular weight is 1620 g/mol. The van der Waals surface area contributed by atoms with Crippen LogP contribution in [0.4, 0.5) is 80.1 Å². The van der Waals surface area contributed by atoms with E-state index >= 15 is 17.6 Å². The van der Waals surface area contributed by atoms with Gasteiger partial charge in [-0.05, 0) is 204 Å². The summed E-state index contributed by atoms with van der Waals surface area (Å²) in [5.74, 6) is -3.06. The molecule has 10 heteroatoms. The predicted octanol–water partition coefficient (Wildman–Crippen LogP) is 30.4. The van der Waals surface area contributed by atoms with Crippen LogP contribution in [-0.2, 0) is 0 Å². The van der Waals surface area contributed by atoms with Crippen molar-refractivity contribution in [3.8, 4) is 44.5 Å². The van der Waals surface area contributed by atoms with Crippen molar-refractivity contribution in [1.29, 1.82) is 0 Å². The van der Waals surface area contributed by atoms with Crippen LogP contribution in [0.2, 0.25) is 39.3 Å². The minimum absolute atomic E-state index is 0.0926. The summed E-state index contributed by atoms with van der Waals surface area (Å²) in [5, 5.41) is 7.52. The van der Waals surface area contributed by atoms with Crippen LogP contribution in [0.3, 0.4) is 0 Å². The van der Waals surface area contributed by atoms with E-state index in [4.69, 9.17) is 27.4 Å². The van der Waals surface area contributed by atoms with Gasteiger partial charge in [0.15, 0.2) is 0 Å². The van der Waals surface area contributed by atoms with Crippen molar-refractivity contribution in [2.24, 2.45) is 5.92 Å². The van der Waals surface area contributed by atoms with Crippen LogP contribution in [0, 0.1) is 29.2 Å². The van der Waals surface area contributed by atoms with Gasteiger partial charge in [-0.15, -0.1) is 0 Å². The van der Waals surface area contributed by atoms with Gasteiger partial charge in [0.2, 0.25) is 0 Å². The summed E-state index contributed by atoms with van der Waals surface area (Å²) < 4.78 is 235. The topological polar surface area (TPSA) is 13.0 Å². The minimum atomic E-state index is -1.75. The predicted molar refractivity (Wildman–Crippen MR) is 504 cm³/mol. The van der Waals surface area contributed by atoms with Gasteiger partial charge < -0.3 is 19.6 Å². The molecule has 20 rings (SSSR count). The Morgan fingerprint density at radius 3 is 1.01 bits per heavy atom. The summed E-state index contributed by atoms with van der Waals surface area (Å²) >= 11 is 0. The lowest BCUT2D eigenvalue weighted by Crippen LogP contribution is -2.37. The van der Waals surface area contributed by atoms with E-state index in [0.29, 0.717) is 45.5 Å². The Bertz CT molecular complexity index is 7830. The van der Waals surface area contributed by atoms with Crippen LogP contribution in [-0.4, -0.2) is 16.1 Å². The number of anilines is 11. The molecule has 3 aliphatic carbocycles. The molecule has 0 saturated heterocycles. The number of nitrogens with zero attached hydrogens (tertiary/aromatic N) is 4. The van der Waals surface area contributed by atoms with Crippen molar-refractivity contribution >= 4 is 134 Å². The molecule has 17 aromatic carbocycles. The third-order valence-electron chi connectivity index (χ3n) is 22.5. The van der Waals surface area contributed by atoms with Gasteiger partial charge in [-0.2, -0.15) is 0 Å². The van der Waals surface area contributed by atoms with Crippen molar-refractivity contribution in [3.05, 3.63) is 439 Å². The van der Waals surface area contributed by atoms with Crippen LogP contribution in [0.15, 0.2) is 399 Å². The van der Waals surface area contributed by atoms with Gasteiger partial charge in [0.05, 0.1) is 83.4 Å². The van der Waals surface area contributed by atoms with E-state index in [1.807, 2.05) is 161 Å². The summed E-state index contributed by atoms with van der Waals surface area (Å²) in [6.45, 7) is 13.6. The van der Waals surface area contributed by atoms with Gasteiger partial charge in [0.25, 0.3) is 0 Å². The first kappa shape index (κ1) is 56.4. The van der Waals surface area contributed by atoms with Crippen molar-refractivity contribution in [2.45, 2.75) is 45.2 Å². The second-order valence-electron chi connectivity index (χ2n) is 31.8. The van der Waals surface area contributed by atoms with E-state index in [9.17, 15) is 0 Å². The first-order valence-corrected chi connectivity index (χ1v) is 46.4. The van der Waals surface area contributed by atoms with Gasteiger partial charge in [-0.25, -0.2) is 17.6 Å². The number of halogens is 4. The first-order chi connectivity index (χ1) is 66.7. The van der Waals surface area contributed by atoms with Crippen LogP contribution < -0.4 is 30.0 Å². The number of hydrogen-bond acceptors (Lipinski definition) is 4. The van der Waals surface area contributed by atoms with Gasteiger partial charge in [-0.1, -0.05) is 328 Å². The fraction of sp³-hybridized carbons (Fsp3) is 0.0727. The lowest BCUT2D eigenvalue weighted by Gasteiger charge is -2.41. The van der Waals surface area contributed by atoms with Crippen molar-refractivity contribution in [2.75, 3.05) is 19.6 Å².